The number of hydrogen-bond donors (Lipinski definition) is 2. The van der Waals surface area contributed by atoms with Crippen LogP contribution in [0.2, 0.25) is 0 Å². The van der Waals surface area contributed by atoms with Crippen LogP contribution in [0.25, 0.3) is 0 Å². The molecule has 2 aromatic carbocycles. The predicted molar refractivity (Wildman–Crippen MR) is 83.7 cm³/mol. The van der Waals surface area contributed by atoms with Crippen molar-refractivity contribution in [2.75, 3.05) is 0 Å². The van der Waals surface area contributed by atoms with E-state index in [1.54, 1.807) is 6.07 Å². The lowest BCUT2D eigenvalue weighted by molar-refractivity contribution is 0.574. The molecule has 0 unspecified atom stereocenters. The van der Waals surface area contributed by atoms with Gasteiger partial charge >= 0.3 is 0 Å². The van der Waals surface area contributed by atoms with Gasteiger partial charge < -0.3 is 0 Å². The van der Waals surface area contributed by atoms with Crippen LogP contribution in [0.1, 0.15) is 11.1 Å². The molecule has 0 aromatic heterocycles. The van der Waals surface area contributed by atoms with E-state index in [0.29, 0.717) is 5.56 Å². The van der Waals surface area contributed by atoms with Gasteiger partial charge in [0.25, 0.3) is 0 Å². The fourth-order valence-corrected chi connectivity index (χ4v) is 3.51. The number of nitrogens with one attached hydrogen (secondary N) is 1. The lowest BCUT2D eigenvalue weighted by Crippen LogP contribution is -2.25. The van der Waals surface area contributed by atoms with Gasteiger partial charge in [-0.3, -0.25) is 0 Å². The Bertz CT molecular complexity index is 895. The minimum absolute atomic E-state index is 0.0400. The summed E-state index contributed by atoms with van der Waals surface area (Å²) >= 11 is 0. The third-order valence-corrected chi connectivity index (χ3v) is 5.26. The number of halogens is 1. The summed E-state index contributed by atoms with van der Waals surface area (Å²) < 4.78 is 62.0. The smallest absolute Gasteiger partial charge is 0.225 e. The van der Waals surface area contributed by atoms with Crippen molar-refractivity contribution in [3.63, 3.8) is 0 Å². The van der Waals surface area contributed by atoms with Crippen LogP contribution in [0.3, 0.4) is 0 Å². The second-order valence-corrected chi connectivity index (χ2v) is 8.23. The zero-order valence-electron chi connectivity index (χ0n) is 11.9. The molecule has 0 saturated heterocycles. The van der Waals surface area contributed by atoms with Crippen LogP contribution in [0.5, 0.6) is 0 Å². The number of nitrogens with two attached hydrogens (primary N) is 1. The first-order valence-corrected chi connectivity index (χ1v) is 9.70. The zero-order valence-corrected chi connectivity index (χ0v) is 13.6. The molecule has 0 radical (unpaired) electrons. The highest BCUT2D eigenvalue weighted by molar-refractivity contribution is 7.89. The Kier molecular flexibility index (Phi) is 5.15. The third-order valence-electron chi connectivity index (χ3n) is 3.05. The summed E-state index contributed by atoms with van der Waals surface area (Å²) in [7, 11) is -7.52. The molecular formula is C14H15FN2O4S2. The van der Waals surface area contributed by atoms with E-state index in [4.69, 9.17) is 5.14 Å². The van der Waals surface area contributed by atoms with Gasteiger partial charge in [-0.05, 0) is 23.8 Å². The Morgan fingerprint density at radius 2 is 1.57 bits per heavy atom. The summed E-state index contributed by atoms with van der Waals surface area (Å²) in [6.07, 6.45) is 0. The highest BCUT2D eigenvalue weighted by Crippen LogP contribution is 2.12. The van der Waals surface area contributed by atoms with E-state index in [9.17, 15) is 21.2 Å². The molecule has 0 aliphatic carbocycles. The highest BCUT2D eigenvalue weighted by Gasteiger charge is 2.14. The standard InChI is InChI=1S/C14H15FN2O4S2/c15-14-4-2-1-3-12(14)10-22(18,19)17-9-11-5-7-13(8-6-11)23(16,20)21/h1-8,17H,9-10H2,(H2,16,20,21). The Morgan fingerprint density at radius 1 is 0.957 bits per heavy atom. The van der Waals surface area contributed by atoms with Crippen molar-refractivity contribution in [2.45, 2.75) is 17.2 Å². The Labute approximate surface area is 134 Å². The van der Waals surface area contributed by atoms with Crippen LogP contribution in [-0.2, 0) is 32.3 Å². The van der Waals surface area contributed by atoms with Gasteiger partial charge in [-0.1, -0.05) is 30.3 Å². The normalized spacial score (nSPS) is 12.3. The minimum Gasteiger partial charge on any atom is -0.225 e. The fraction of sp³-hybridized carbons (Fsp3) is 0.143. The number of rotatable bonds is 6. The Hall–Kier alpha value is -1.81. The van der Waals surface area contributed by atoms with Crippen molar-refractivity contribution in [3.05, 3.63) is 65.5 Å². The first kappa shape index (κ1) is 17.5. The summed E-state index contributed by atoms with van der Waals surface area (Å²) in [5, 5.41) is 4.98. The minimum atomic E-state index is -3.79. The maximum atomic E-state index is 13.5. The molecule has 0 fully saturated rings. The number of hydrogen-bond acceptors (Lipinski definition) is 4. The molecule has 0 bridgehead atoms. The topological polar surface area (TPSA) is 106 Å². The van der Waals surface area contributed by atoms with Crippen molar-refractivity contribution < 1.29 is 21.2 Å². The third kappa shape index (κ3) is 5.10. The molecule has 0 aliphatic rings. The quantitative estimate of drug-likeness (QED) is 0.806. The Morgan fingerprint density at radius 3 is 2.13 bits per heavy atom. The van der Waals surface area contributed by atoms with Crippen molar-refractivity contribution in [1.29, 1.82) is 0 Å². The predicted octanol–water partition coefficient (Wildman–Crippen LogP) is 1.09. The molecule has 0 spiro atoms. The zero-order chi connectivity index (χ0) is 17.1. The van der Waals surface area contributed by atoms with Gasteiger partial charge in [-0.15, -0.1) is 0 Å². The van der Waals surface area contributed by atoms with E-state index in [-0.39, 0.29) is 17.0 Å². The summed E-state index contributed by atoms with van der Waals surface area (Å²) in [5.41, 5.74) is 0.624. The van der Waals surface area contributed by atoms with E-state index in [1.165, 1.54) is 42.5 Å². The second-order valence-electron chi connectivity index (χ2n) is 4.86. The molecule has 6 nitrogen and oxygen atoms in total. The largest absolute Gasteiger partial charge is 0.238 e. The maximum absolute atomic E-state index is 13.5. The molecule has 0 atom stereocenters. The van der Waals surface area contributed by atoms with Crippen molar-refractivity contribution in [2.24, 2.45) is 5.14 Å². The Balaban J connectivity index is 2.03. The average Bonchev–Trinajstić information content (AvgIpc) is 2.47. The van der Waals surface area contributed by atoms with Crippen LogP contribution in [0.4, 0.5) is 4.39 Å². The van der Waals surface area contributed by atoms with Crippen LogP contribution in [-0.4, -0.2) is 16.8 Å². The maximum Gasteiger partial charge on any atom is 0.238 e. The van der Waals surface area contributed by atoms with E-state index in [0.717, 1.165) is 0 Å². The van der Waals surface area contributed by atoms with Gasteiger partial charge in [0.2, 0.25) is 20.0 Å². The highest BCUT2D eigenvalue weighted by atomic mass is 32.2. The fourth-order valence-electron chi connectivity index (χ4n) is 1.86. The van der Waals surface area contributed by atoms with Crippen molar-refractivity contribution in [3.8, 4) is 0 Å². The molecule has 124 valence electrons. The summed E-state index contributed by atoms with van der Waals surface area (Å²) in [4.78, 5) is -0.0598. The summed E-state index contributed by atoms with van der Waals surface area (Å²) in [6, 6.07) is 11.1. The first-order valence-electron chi connectivity index (χ1n) is 6.50. The molecule has 0 aliphatic heterocycles. The molecule has 9 heteroatoms. The van der Waals surface area contributed by atoms with Gasteiger partial charge in [0, 0.05) is 12.1 Å². The SMILES string of the molecule is NS(=O)(=O)c1ccc(CNS(=O)(=O)Cc2ccccc2F)cc1. The van der Waals surface area contributed by atoms with Gasteiger partial charge in [0.15, 0.2) is 0 Å². The molecule has 3 N–H and O–H groups in total. The van der Waals surface area contributed by atoms with Crippen LogP contribution < -0.4 is 9.86 Å². The van der Waals surface area contributed by atoms with E-state index < -0.39 is 31.6 Å². The van der Waals surface area contributed by atoms with Gasteiger partial charge in [0.1, 0.15) is 5.82 Å². The molecule has 0 heterocycles. The molecular weight excluding hydrogens is 343 g/mol. The second kappa shape index (κ2) is 6.75. The van der Waals surface area contributed by atoms with E-state index in [1.807, 2.05) is 0 Å². The number of sulfonamides is 2. The number of benzene rings is 2. The molecule has 2 aromatic rings. The summed E-state index contributed by atoms with van der Waals surface area (Å²) in [5.74, 6) is -1.06. The van der Waals surface area contributed by atoms with E-state index >= 15 is 0 Å². The van der Waals surface area contributed by atoms with Crippen molar-refractivity contribution >= 4 is 20.0 Å². The summed E-state index contributed by atoms with van der Waals surface area (Å²) in [6.45, 7) is -0.0400. The molecule has 0 saturated carbocycles. The van der Waals surface area contributed by atoms with E-state index in [2.05, 4.69) is 4.72 Å². The first-order chi connectivity index (χ1) is 10.7. The average molecular weight is 358 g/mol. The molecule has 2 rings (SSSR count). The van der Waals surface area contributed by atoms with Gasteiger partial charge in [-0.25, -0.2) is 31.1 Å². The van der Waals surface area contributed by atoms with Crippen LogP contribution in [0.15, 0.2) is 53.4 Å². The monoisotopic (exact) mass is 358 g/mol. The van der Waals surface area contributed by atoms with Crippen LogP contribution >= 0.6 is 0 Å². The van der Waals surface area contributed by atoms with Crippen LogP contribution in [0, 0.1) is 5.82 Å². The van der Waals surface area contributed by atoms with Crippen molar-refractivity contribution in [1.82, 2.24) is 4.72 Å². The van der Waals surface area contributed by atoms with Gasteiger partial charge in [-0.2, -0.15) is 0 Å². The lowest BCUT2D eigenvalue weighted by Gasteiger charge is -2.08. The molecule has 23 heavy (non-hydrogen) atoms. The molecule has 0 amide bonds. The lowest BCUT2D eigenvalue weighted by atomic mass is 10.2. The van der Waals surface area contributed by atoms with Gasteiger partial charge in [0.05, 0.1) is 10.6 Å². The number of primary sulfonamides is 1.